The molecule has 2 N–H and O–H groups in total. The second kappa shape index (κ2) is 5.72. The fraction of sp³-hybridized carbons (Fsp3) is 0.118. The molecule has 0 aliphatic heterocycles. The Bertz CT molecular complexity index is 786. The van der Waals surface area contributed by atoms with Crippen molar-refractivity contribution in [1.82, 2.24) is 4.98 Å². The molecule has 0 radical (unpaired) electrons. The average molecular weight is 298 g/mol. The Balaban J connectivity index is 2.16. The molecular weight excluding hydrogens is 282 g/mol. The molecule has 0 saturated carbocycles. The highest BCUT2D eigenvalue weighted by atomic mass is 35.5. The van der Waals surface area contributed by atoms with E-state index in [-0.39, 0.29) is 0 Å². The van der Waals surface area contributed by atoms with Crippen LogP contribution >= 0.6 is 11.6 Å². The van der Waals surface area contributed by atoms with Crippen LogP contribution in [0.3, 0.4) is 0 Å². The zero-order chi connectivity index (χ0) is 14.8. The summed E-state index contributed by atoms with van der Waals surface area (Å²) in [6.45, 7) is 0.509. The smallest absolute Gasteiger partial charge is 0.0737 e. The van der Waals surface area contributed by atoms with Crippen molar-refractivity contribution in [3.63, 3.8) is 0 Å². The number of rotatable bonds is 3. The van der Waals surface area contributed by atoms with Crippen LogP contribution in [0.25, 0.3) is 10.9 Å². The van der Waals surface area contributed by atoms with E-state index < -0.39 is 0 Å². The van der Waals surface area contributed by atoms with Gasteiger partial charge in [-0.3, -0.25) is 4.98 Å². The molecule has 0 aliphatic carbocycles. The lowest BCUT2D eigenvalue weighted by molar-refractivity contribution is 1.05. The fourth-order valence-corrected chi connectivity index (χ4v) is 2.71. The maximum absolute atomic E-state index is 6.05. The van der Waals surface area contributed by atoms with Gasteiger partial charge < -0.3 is 10.6 Å². The summed E-state index contributed by atoms with van der Waals surface area (Å²) < 4.78 is 0. The van der Waals surface area contributed by atoms with Crippen LogP contribution < -0.4 is 10.6 Å². The third-order valence-electron chi connectivity index (χ3n) is 3.62. The van der Waals surface area contributed by atoms with Gasteiger partial charge >= 0.3 is 0 Å². The van der Waals surface area contributed by atoms with Crippen molar-refractivity contribution in [2.45, 2.75) is 6.54 Å². The third-order valence-corrected chi connectivity index (χ3v) is 3.85. The third kappa shape index (κ3) is 2.58. The van der Waals surface area contributed by atoms with Crippen LogP contribution in [0.1, 0.15) is 5.56 Å². The van der Waals surface area contributed by atoms with Gasteiger partial charge in [-0.05, 0) is 35.9 Å². The van der Waals surface area contributed by atoms with E-state index in [1.807, 2.05) is 49.5 Å². The minimum absolute atomic E-state index is 0.509. The van der Waals surface area contributed by atoms with E-state index in [4.69, 9.17) is 17.3 Å². The van der Waals surface area contributed by atoms with E-state index in [1.165, 1.54) is 0 Å². The number of para-hydroxylation sites is 1. The zero-order valence-electron chi connectivity index (χ0n) is 11.8. The number of nitrogens with two attached hydrogens (primary N) is 1. The molecule has 1 aromatic heterocycles. The number of benzene rings is 2. The Morgan fingerprint density at radius 2 is 1.90 bits per heavy atom. The SMILES string of the molecule is CN(c1ccccc1CN)c1ccnc2cc(Cl)ccc12. The molecule has 0 spiro atoms. The van der Waals surface area contributed by atoms with E-state index in [0.29, 0.717) is 11.6 Å². The lowest BCUT2D eigenvalue weighted by Crippen LogP contribution is -2.13. The van der Waals surface area contributed by atoms with Gasteiger partial charge in [-0.25, -0.2) is 0 Å². The van der Waals surface area contributed by atoms with Crippen LogP contribution in [0, 0.1) is 0 Å². The topological polar surface area (TPSA) is 42.1 Å². The summed E-state index contributed by atoms with van der Waals surface area (Å²) in [7, 11) is 2.04. The number of anilines is 2. The Labute approximate surface area is 129 Å². The van der Waals surface area contributed by atoms with Gasteiger partial charge in [-0.1, -0.05) is 29.8 Å². The van der Waals surface area contributed by atoms with Crippen molar-refractivity contribution < 1.29 is 0 Å². The average Bonchev–Trinajstić information content (AvgIpc) is 2.53. The summed E-state index contributed by atoms with van der Waals surface area (Å²) in [6, 6.07) is 15.9. The number of pyridine rings is 1. The normalized spacial score (nSPS) is 10.8. The highest BCUT2D eigenvalue weighted by Crippen LogP contribution is 2.32. The summed E-state index contributed by atoms with van der Waals surface area (Å²) in [5.74, 6) is 0. The number of aromatic nitrogens is 1. The highest BCUT2D eigenvalue weighted by molar-refractivity contribution is 6.31. The standard InChI is InChI=1S/C17H16ClN3/c1-21(16-5-3-2-4-12(16)11-19)17-8-9-20-15-10-13(18)6-7-14(15)17/h2-10H,11,19H2,1H3. The molecule has 106 valence electrons. The van der Waals surface area contributed by atoms with Gasteiger partial charge in [0.05, 0.1) is 11.2 Å². The quantitative estimate of drug-likeness (QED) is 0.791. The van der Waals surface area contributed by atoms with Crippen molar-refractivity contribution in [1.29, 1.82) is 0 Å². The molecule has 3 rings (SSSR count). The van der Waals surface area contributed by atoms with E-state index in [1.54, 1.807) is 6.20 Å². The van der Waals surface area contributed by atoms with E-state index in [0.717, 1.165) is 27.8 Å². The highest BCUT2D eigenvalue weighted by Gasteiger charge is 2.11. The van der Waals surface area contributed by atoms with E-state index in [2.05, 4.69) is 16.0 Å². The molecule has 21 heavy (non-hydrogen) atoms. The summed E-state index contributed by atoms with van der Waals surface area (Å²) in [5.41, 5.74) is 10.0. The summed E-state index contributed by atoms with van der Waals surface area (Å²) >= 11 is 6.05. The molecule has 0 saturated heterocycles. The summed E-state index contributed by atoms with van der Waals surface area (Å²) in [4.78, 5) is 6.52. The first-order valence-electron chi connectivity index (χ1n) is 6.76. The maximum atomic E-state index is 6.05. The first-order chi connectivity index (χ1) is 10.2. The molecule has 0 aliphatic rings. The van der Waals surface area contributed by atoms with Gasteiger partial charge in [0, 0.05) is 35.9 Å². The minimum Gasteiger partial charge on any atom is -0.344 e. The summed E-state index contributed by atoms with van der Waals surface area (Å²) in [5, 5.41) is 1.76. The van der Waals surface area contributed by atoms with Crippen LogP contribution in [0.2, 0.25) is 5.02 Å². The van der Waals surface area contributed by atoms with Gasteiger partial charge in [0.1, 0.15) is 0 Å². The van der Waals surface area contributed by atoms with Crippen LogP contribution in [0.15, 0.2) is 54.7 Å². The molecule has 1 heterocycles. The van der Waals surface area contributed by atoms with Crippen LogP contribution in [0.4, 0.5) is 11.4 Å². The lowest BCUT2D eigenvalue weighted by Gasteiger charge is -2.23. The maximum Gasteiger partial charge on any atom is 0.0737 e. The van der Waals surface area contributed by atoms with Crippen LogP contribution in [0.5, 0.6) is 0 Å². The Kier molecular flexibility index (Phi) is 3.78. The molecule has 3 nitrogen and oxygen atoms in total. The first kappa shape index (κ1) is 13.9. The van der Waals surface area contributed by atoms with Crippen molar-refractivity contribution in [3.05, 3.63) is 65.3 Å². The number of halogens is 1. The van der Waals surface area contributed by atoms with Crippen LogP contribution in [-0.4, -0.2) is 12.0 Å². The second-order valence-electron chi connectivity index (χ2n) is 4.88. The minimum atomic E-state index is 0.509. The van der Waals surface area contributed by atoms with Crippen LogP contribution in [-0.2, 0) is 6.54 Å². The zero-order valence-corrected chi connectivity index (χ0v) is 12.5. The van der Waals surface area contributed by atoms with Crippen molar-refractivity contribution in [2.75, 3.05) is 11.9 Å². The Hall–Kier alpha value is -2.10. The second-order valence-corrected chi connectivity index (χ2v) is 5.32. The molecule has 0 amide bonds. The van der Waals surface area contributed by atoms with E-state index >= 15 is 0 Å². The van der Waals surface area contributed by atoms with Crippen molar-refractivity contribution in [2.24, 2.45) is 5.73 Å². The predicted molar refractivity (Wildman–Crippen MR) is 89.1 cm³/mol. The molecule has 2 aromatic carbocycles. The molecule has 3 aromatic rings. The molecule has 4 heteroatoms. The largest absolute Gasteiger partial charge is 0.344 e. The summed E-state index contributed by atoms with van der Waals surface area (Å²) in [6.07, 6.45) is 1.80. The first-order valence-corrected chi connectivity index (χ1v) is 7.14. The van der Waals surface area contributed by atoms with Crippen molar-refractivity contribution in [3.8, 4) is 0 Å². The fourth-order valence-electron chi connectivity index (χ4n) is 2.54. The number of fused-ring (bicyclic) bond motifs is 1. The molecule has 0 atom stereocenters. The molecule has 0 fully saturated rings. The lowest BCUT2D eigenvalue weighted by atomic mass is 10.1. The molecule has 0 unspecified atom stereocenters. The Morgan fingerprint density at radius 3 is 2.71 bits per heavy atom. The number of hydrogen-bond donors (Lipinski definition) is 1. The Morgan fingerprint density at radius 1 is 1.10 bits per heavy atom. The van der Waals surface area contributed by atoms with Gasteiger partial charge in [-0.2, -0.15) is 0 Å². The number of nitrogens with zero attached hydrogens (tertiary/aromatic N) is 2. The van der Waals surface area contributed by atoms with Gasteiger partial charge in [-0.15, -0.1) is 0 Å². The van der Waals surface area contributed by atoms with Gasteiger partial charge in [0.2, 0.25) is 0 Å². The number of hydrogen-bond acceptors (Lipinski definition) is 3. The van der Waals surface area contributed by atoms with E-state index in [9.17, 15) is 0 Å². The predicted octanol–water partition coefficient (Wildman–Crippen LogP) is 4.11. The van der Waals surface area contributed by atoms with Gasteiger partial charge in [0.25, 0.3) is 0 Å². The van der Waals surface area contributed by atoms with Gasteiger partial charge in [0.15, 0.2) is 0 Å². The van der Waals surface area contributed by atoms with Crippen molar-refractivity contribution >= 4 is 33.9 Å². The monoisotopic (exact) mass is 297 g/mol. The molecule has 0 bridgehead atoms. The molecular formula is C17H16ClN3.